The fraction of sp³-hybridized carbons (Fsp3) is 0.533. The van der Waals surface area contributed by atoms with Gasteiger partial charge in [0.15, 0.2) is 0 Å². The molecule has 0 radical (unpaired) electrons. The molecule has 1 aromatic carbocycles. The number of anilines is 1. The molecule has 0 saturated heterocycles. The minimum absolute atomic E-state index is 0.0695. The summed E-state index contributed by atoms with van der Waals surface area (Å²) in [6.45, 7) is 3.07. The third-order valence-corrected chi connectivity index (χ3v) is 2.78. The standard InChI is InChI=1S/C15H24N2O3/c1-3-5-12(16)10-15(18)17-13-6-4-7-14(11-13)20-9-8-19-2/h4,6-7,11-12H,3,5,8-10,16H2,1-2H3,(H,17,18). The minimum Gasteiger partial charge on any atom is -0.491 e. The normalized spacial score (nSPS) is 11.9. The van der Waals surface area contributed by atoms with Crippen LogP contribution in [-0.2, 0) is 9.53 Å². The van der Waals surface area contributed by atoms with E-state index < -0.39 is 0 Å². The molecule has 3 N–H and O–H groups in total. The summed E-state index contributed by atoms with van der Waals surface area (Å²) in [6, 6.07) is 7.21. The number of nitrogens with two attached hydrogens (primary N) is 1. The highest BCUT2D eigenvalue weighted by molar-refractivity contribution is 5.91. The fourth-order valence-corrected chi connectivity index (χ4v) is 1.83. The van der Waals surface area contributed by atoms with Crippen LogP contribution in [0.25, 0.3) is 0 Å². The van der Waals surface area contributed by atoms with Crippen molar-refractivity contribution in [1.29, 1.82) is 0 Å². The first-order valence-corrected chi connectivity index (χ1v) is 6.93. The van der Waals surface area contributed by atoms with Crippen LogP contribution in [0.1, 0.15) is 26.2 Å². The second kappa shape index (κ2) is 9.34. The number of hydrogen-bond acceptors (Lipinski definition) is 4. The molecule has 1 rings (SSSR count). The zero-order valence-corrected chi connectivity index (χ0v) is 12.2. The molecule has 0 aromatic heterocycles. The van der Waals surface area contributed by atoms with Gasteiger partial charge in [-0.3, -0.25) is 4.79 Å². The maximum Gasteiger partial charge on any atom is 0.225 e. The van der Waals surface area contributed by atoms with E-state index in [2.05, 4.69) is 12.2 Å². The van der Waals surface area contributed by atoms with Crippen molar-refractivity contribution in [2.45, 2.75) is 32.2 Å². The van der Waals surface area contributed by atoms with Crippen molar-refractivity contribution in [3.05, 3.63) is 24.3 Å². The van der Waals surface area contributed by atoms with Gasteiger partial charge in [0.2, 0.25) is 5.91 Å². The number of carbonyl (C=O) groups excluding carboxylic acids is 1. The van der Waals surface area contributed by atoms with Crippen LogP contribution in [0.2, 0.25) is 0 Å². The number of ether oxygens (including phenoxy) is 2. The summed E-state index contributed by atoms with van der Waals surface area (Å²) in [5, 5.41) is 2.83. The molecule has 0 aliphatic carbocycles. The van der Waals surface area contributed by atoms with Crippen LogP contribution in [0.3, 0.4) is 0 Å². The van der Waals surface area contributed by atoms with Crippen molar-refractivity contribution >= 4 is 11.6 Å². The summed E-state index contributed by atoms with van der Waals surface area (Å²) < 4.78 is 10.4. The molecule has 0 aliphatic rings. The molecular weight excluding hydrogens is 256 g/mol. The van der Waals surface area contributed by atoms with Gasteiger partial charge in [-0.2, -0.15) is 0 Å². The summed E-state index contributed by atoms with van der Waals surface area (Å²) in [5.41, 5.74) is 6.57. The number of nitrogens with one attached hydrogen (secondary N) is 1. The van der Waals surface area contributed by atoms with Crippen molar-refractivity contribution in [2.75, 3.05) is 25.6 Å². The predicted octanol–water partition coefficient (Wildman–Crippen LogP) is 2.17. The molecular formula is C15H24N2O3. The maximum atomic E-state index is 11.8. The van der Waals surface area contributed by atoms with E-state index in [1.807, 2.05) is 18.2 Å². The highest BCUT2D eigenvalue weighted by Gasteiger charge is 2.09. The summed E-state index contributed by atoms with van der Waals surface area (Å²) in [4.78, 5) is 11.8. The Balaban J connectivity index is 2.46. The largest absolute Gasteiger partial charge is 0.491 e. The molecule has 1 atom stereocenters. The van der Waals surface area contributed by atoms with Gasteiger partial charge in [0.25, 0.3) is 0 Å². The lowest BCUT2D eigenvalue weighted by atomic mass is 10.1. The average molecular weight is 280 g/mol. The lowest BCUT2D eigenvalue weighted by molar-refractivity contribution is -0.116. The van der Waals surface area contributed by atoms with E-state index in [1.165, 1.54) is 0 Å². The lowest BCUT2D eigenvalue weighted by Crippen LogP contribution is -2.26. The van der Waals surface area contributed by atoms with Crippen molar-refractivity contribution in [3.8, 4) is 5.75 Å². The highest BCUT2D eigenvalue weighted by Crippen LogP contribution is 2.17. The number of amides is 1. The van der Waals surface area contributed by atoms with E-state index in [4.69, 9.17) is 15.2 Å². The quantitative estimate of drug-likeness (QED) is 0.680. The molecule has 5 nitrogen and oxygen atoms in total. The smallest absolute Gasteiger partial charge is 0.225 e. The van der Waals surface area contributed by atoms with Crippen molar-refractivity contribution < 1.29 is 14.3 Å². The Kier molecular flexibility index (Phi) is 7.69. The van der Waals surface area contributed by atoms with E-state index >= 15 is 0 Å². The molecule has 0 fully saturated rings. The first-order valence-electron chi connectivity index (χ1n) is 6.93. The van der Waals surface area contributed by atoms with Crippen LogP contribution < -0.4 is 15.8 Å². The predicted molar refractivity (Wildman–Crippen MR) is 79.9 cm³/mol. The molecule has 20 heavy (non-hydrogen) atoms. The van der Waals surface area contributed by atoms with E-state index in [1.54, 1.807) is 13.2 Å². The molecule has 5 heteroatoms. The van der Waals surface area contributed by atoms with Gasteiger partial charge in [0.1, 0.15) is 12.4 Å². The number of hydrogen-bond donors (Lipinski definition) is 2. The Bertz CT molecular complexity index is 410. The fourth-order valence-electron chi connectivity index (χ4n) is 1.83. The second-order valence-electron chi connectivity index (χ2n) is 4.67. The van der Waals surface area contributed by atoms with Crippen LogP contribution in [-0.4, -0.2) is 32.3 Å². The third-order valence-electron chi connectivity index (χ3n) is 2.78. The van der Waals surface area contributed by atoms with Gasteiger partial charge in [-0.05, 0) is 18.6 Å². The molecule has 0 spiro atoms. The van der Waals surface area contributed by atoms with Crippen LogP contribution in [0.4, 0.5) is 5.69 Å². The summed E-state index contributed by atoms with van der Waals surface area (Å²) in [6.07, 6.45) is 2.17. The van der Waals surface area contributed by atoms with Gasteiger partial charge in [-0.25, -0.2) is 0 Å². The van der Waals surface area contributed by atoms with Gasteiger partial charge >= 0.3 is 0 Å². The van der Waals surface area contributed by atoms with E-state index in [0.29, 0.717) is 31.1 Å². The van der Waals surface area contributed by atoms with Crippen molar-refractivity contribution in [2.24, 2.45) is 5.73 Å². The Morgan fingerprint density at radius 1 is 1.40 bits per heavy atom. The lowest BCUT2D eigenvalue weighted by Gasteiger charge is -2.11. The number of methoxy groups -OCH3 is 1. The zero-order valence-electron chi connectivity index (χ0n) is 12.2. The monoisotopic (exact) mass is 280 g/mol. The highest BCUT2D eigenvalue weighted by atomic mass is 16.5. The summed E-state index contributed by atoms with van der Waals surface area (Å²) in [5.74, 6) is 0.637. The third kappa shape index (κ3) is 6.54. The van der Waals surface area contributed by atoms with Gasteiger partial charge in [0, 0.05) is 31.3 Å². The van der Waals surface area contributed by atoms with E-state index in [9.17, 15) is 4.79 Å². The van der Waals surface area contributed by atoms with Gasteiger partial charge < -0.3 is 20.5 Å². The Labute approximate surface area is 120 Å². The topological polar surface area (TPSA) is 73.6 Å². The Morgan fingerprint density at radius 2 is 2.20 bits per heavy atom. The Morgan fingerprint density at radius 3 is 2.90 bits per heavy atom. The molecule has 1 amide bonds. The van der Waals surface area contributed by atoms with Gasteiger partial charge in [-0.15, -0.1) is 0 Å². The van der Waals surface area contributed by atoms with Crippen LogP contribution in [0, 0.1) is 0 Å². The van der Waals surface area contributed by atoms with Crippen LogP contribution in [0.15, 0.2) is 24.3 Å². The molecule has 1 unspecified atom stereocenters. The molecule has 1 aromatic rings. The molecule has 0 aliphatic heterocycles. The molecule has 0 heterocycles. The second-order valence-corrected chi connectivity index (χ2v) is 4.67. The molecule has 0 saturated carbocycles. The van der Waals surface area contributed by atoms with Gasteiger partial charge in [0.05, 0.1) is 6.61 Å². The SMILES string of the molecule is CCCC(N)CC(=O)Nc1cccc(OCCOC)c1. The first kappa shape index (κ1) is 16.5. The first-order chi connectivity index (χ1) is 9.65. The maximum absolute atomic E-state index is 11.8. The van der Waals surface area contributed by atoms with Gasteiger partial charge in [-0.1, -0.05) is 19.4 Å². The van der Waals surface area contributed by atoms with Crippen LogP contribution >= 0.6 is 0 Å². The van der Waals surface area contributed by atoms with Crippen LogP contribution in [0.5, 0.6) is 5.75 Å². The molecule has 0 bridgehead atoms. The number of rotatable bonds is 9. The number of benzene rings is 1. The number of carbonyl (C=O) groups is 1. The summed E-state index contributed by atoms with van der Waals surface area (Å²) in [7, 11) is 1.62. The van der Waals surface area contributed by atoms with Crippen molar-refractivity contribution in [3.63, 3.8) is 0 Å². The van der Waals surface area contributed by atoms with E-state index in [0.717, 1.165) is 12.8 Å². The zero-order chi connectivity index (χ0) is 14.8. The molecule has 112 valence electrons. The Hall–Kier alpha value is -1.59. The van der Waals surface area contributed by atoms with Crippen molar-refractivity contribution in [1.82, 2.24) is 0 Å². The average Bonchev–Trinajstić information content (AvgIpc) is 2.39. The van der Waals surface area contributed by atoms with E-state index in [-0.39, 0.29) is 11.9 Å². The summed E-state index contributed by atoms with van der Waals surface area (Å²) >= 11 is 0. The minimum atomic E-state index is -0.0823.